The van der Waals surface area contributed by atoms with E-state index in [1.165, 1.54) is 32.1 Å². The molecule has 0 bridgehead atoms. The molecule has 1 aliphatic carbocycles. The zero-order valence-electron chi connectivity index (χ0n) is 13.3. The summed E-state index contributed by atoms with van der Waals surface area (Å²) in [6.45, 7) is 2.39. The van der Waals surface area contributed by atoms with E-state index >= 15 is 0 Å². The van der Waals surface area contributed by atoms with E-state index < -0.39 is 0 Å². The number of rotatable bonds is 4. The van der Waals surface area contributed by atoms with E-state index in [2.05, 4.69) is 10.6 Å². The van der Waals surface area contributed by atoms with Crippen LogP contribution in [0.3, 0.4) is 0 Å². The summed E-state index contributed by atoms with van der Waals surface area (Å²) in [5.41, 5.74) is -0.303. The summed E-state index contributed by atoms with van der Waals surface area (Å²) in [5.74, 6) is 0.228. The van der Waals surface area contributed by atoms with Crippen LogP contribution in [0.2, 0.25) is 0 Å². The van der Waals surface area contributed by atoms with Crippen molar-refractivity contribution >= 4 is 18.3 Å². The van der Waals surface area contributed by atoms with Crippen molar-refractivity contribution in [2.75, 3.05) is 26.8 Å². The minimum absolute atomic E-state index is 0. The van der Waals surface area contributed by atoms with Crippen molar-refractivity contribution in [1.29, 1.82) is 0 Å². The lowest BCUT2D eigenvalue weighted by Crippen LogP contribution is -2.52. The molecule has 1 saturated heterocycles. The highest BCUT2D eigenvalue weighted by molar-refractivity contribution is 5.85. The number of hydrogen-bond donors (Lipinski definition) is 2. The Morgan fingerprint density at radius 3 is 2.29 bits per heavy atom. The van der Waals surface area contributed by atoms with Crippen LogP contribution in [-0.4, -0.2) is 38.8 Å². The monoisotopic (exact) mass is 318 g/mol. The Morgan fingerprint density at radius 2 is 1.71 bits per heavy atom. The SMILES string of the molecule is COCC1(C(=O)NC2CCCCCCC2)CCNCC1.Cl. The maximum absolute atomic E-state index is 12.8. The van der Waals surface area contributed by atoms with Crippen LogP contribution in [0.4, 0.5) is 0 Å². The van der Waals surface area contributed by atoms with Gasteiger partial charge in [-0.25, -0.2) is 0 Å². The van der Waals surface area contributed by atoms with Gasteiger partial charge in [-0.1, -0.05) is 32.1 Å². The second kappa shape index (κ2) is 9.65. The van der Waals surface area contributed by atoms with Crippen molar-refractivity contribution in [1.82, 2.24) is 10.6 Å². The number of carbonyl (C=O) groups is 1. The highest BCUT2D eigenvalue weighted by Crippen LogP contribution is 2.30. The first-order chi connectivity index (χ1) is 9.77. The number of nitrogens with one attached hydrogen (secondary N) is 2. The summed E-state index contributed by atoms with van der Waals surface area (Å²) in [7, 11) is 1.70. The van der Waals surface area contributed by atoms with Crippen LogP contribution >= 0.6 is 12.4 Å². The molecule has 0 aromatic heterocycles. The van der Waals surface area contributed by atoms with Gasteiger partial charge in [0.25, 0.3) is 0 Å². The molecule has 0 aromatic carbocycles. The molecule has 4 nitrogen and oxygen atoms in total. The molecule has 2 N–H and O–H groups in total. The van der Waals surface area contributed by atoms with Crippen LogP contribution in [0.25, 0.3) is 0 Å². The van der Waals surface area contributed by atoms with Gasteiger partial charge >= 0.3 is 0 Å². The molecule has 0 radical (unpaired) electrons. The largest absolute Gasteiger partial charge is 0.384 e. The van der Waals surface area contributed by atoms with Crippen molar-refractivity contribution in [3.05, 3.63) is 0 Å². The molecule has 0 spiro atoms. The predicted molar refractivity (Wildman–Crippen MR) is 87.9 cm³/mol. The number of hydrogen-bond acceptors (Lipinski definition) is 3. The summed E-state index contributed by atoms with van der Waals surface area (Å²) < 4.78 is 5.35. The van der Waals surface area contributed by atoms with Gasteiger partial charge in [0.2, 0.25) is 5.91 Å². The molecule has 1 aliphatic heterocycles. The van der Waals surface area contributed by atoms with E-state index in [0.29, 0.717) is 12.6 Å². The quantitative estimate of drug-likeness (QED) is 0.838. The van der Waals surface area contributed by atoms with Crippen molar-refractivity contribution in [2.24, 2.45) is 5.41 Å². The Morgan fingerprint density at radius 1 is 1.14 bits per heavy atom. The number of methoxy groups -OCH3 is 1. The molecule has 0 atom stereocenters. The van der Waals surface area contributed by atoms with Crippen molar-refractivity contribution in [2.45, 2.75) is 63.8 Å². The lowest BCUT2D eigenvalue weighted by Gasteiger charge is -2.37. The van der Waals surface area contributed by atoms with E-state index in [9.17, 15) is 4.79 Å². The van der Waals surface area contributed by atoms with Crippen LogP contribution < -0.4 is 10.6 Å². The third-order valence-corrected chi connectivity index (χ3v) is 4.90. The van der Waals surface area contributed by atoms with Crippen LogP contribution in [0, 0.1) is 5.41 Å². The van der Waals surface area contributed by atoms with Gasteiger partial charge in [0, 0.05) is 13.2 Å². The van der Waals surface area contributed by atoms with E-state index in [-0.39, 0.29) is 23.7 Å². The second-order valence-corrected chi connectivity index (χ2v) is 6.48. The molecule has 2 aliphatic rings. The van der Waals surface area contributed by atoms with Crippen LogP contribution in [0.1, 0.15) is 57.8 Å². The van der Waals surface area contributed by atoms with Gasteiger partial charge in [0.05, 0.1) is 12.0 Å². The average Bonchev–Trinajstić information content (AvgIpc) is 2.43. The summed E-state index contributed by atoms with van der Waals surface area (Å²) in [6, 6.07) is 0.381. The molecule has 1 amide bonds. The van der Waals surface area contributed by atoms with E-state index in [4.69, 9.17) is 4.74 Å². The number of ether oxygens (including phenoxy) is 1. The molecule has 0 unspecified atom stereocenters. The molecule has 0 aromatic rings. The van der Waals surface area contributed by atoms with E-state index in [1.807, 2.05) is 0 Å². The molecule has 5 heteroatoms. The molecular weight excluding hydrogens is 288 g/mol. The molecule has 124 valence electrons. The van der Waals surface area contributed by atoms with Crippen LogP contribution in [0.5, 0.6) is 0 Å². The fourth-order valence-electron chi connectivity index (χ4n) is 3.56. The molecule has 1 saturated carbocycles. The van der Waals surface area contributed by atoms with Crippen LogP contribution in [-0.2, 0) is 9.53 Å². The highest BCUT2D eigenvalue weighted by atomic mass is 35.5. The lowest BCUT2D eigenvalue weighted by atomic mass is 9.78. The standard InChI is InChI=1S/C16H30N2O2.ClH/c1-20-13-16(9-11-17-12-10-16)15(19)18-14-7-5-3-2-4-6-8-14;/h14,17H,2-13H2,1H3,(H,18,19);1H. The summed E-state index contributed by atoms with van der Waals surface area (Å²) in [5, 5.41) is 6.67. The minimum Gasteiger partial charge on any atom is -0.384 e. The fourth-order valence-corrected chi connectivity index (χ4v) is 3.56. The smallest absolute Gasteiger partial charge is 0.228 e. The Bertz CT molecular complexity index is 293. The first-order valence-electron chi connectivity index (χ1n) is 8.27. The molecule has 21 heavy (non-hydrogen) atoms. The van der Waals surface area contributed by atoms with Gasteiger partial charge in [-0.3, -0.25) is 4.79 Å². The predicted octanol–water partition coefficient (Wildman–Crippen LogP) is 2.65. The summed E-state index contributed by atoms with van der Waals surface area (Å²) in [6.07, 6.45) is 10.6. The van der Waals surface area contributed by atoms with Gasteiger partial charge in [0.1, 0.15) is 0 Å². The zero-order valence-corrected chi connectivity index (χ0v) is 14.1. The Kier molecular flexibility index (Phi) is 8.60. The number of piperidine rings is 1. The van der Waals surface area contributed by atoms with E-state index in [0.717, 1.165) is 38.8 Å². The Hall–Kier alpha value is -0.320. The first kappa shape index (κ1) is 18.7. The molecule has 1 heterocycles. The summed E-state index contributed by atoms with van der Waals surface area (Å²) >= 11 is 0. The van der Waals surface area contributed by atoms with Gasteiger partial charge in [-0.2, -0.15) is 0 Å². The lowest BCUT2D eigenvalue weighted by molar-refractivity contribution is -0.137. The van der Waals surface area contributed by atoms with Gasteiger partial charge in [-0.15, -0.1) is 12.4 Å². The number of amides is 1. The molecular formula is C16H31ClN2O2. The van der Waals surface area contributed by atoms with Gasteiger partial charge in [0.15, 0.2) is 0 Å². The Balaban J connectivity index is 0.00000220. The number of carbonyl (C=O) groups excluding carboxylic acids is 1. The van der Waals surface area contributed by atoms with Crippen LogP contribution in [0.15, 0.2) is 0 Å². The van der Waals surface area contributed by atoms with Gasteiger partial charge in [-0.05, 0) is 38.8 Å². The van der Waals surface area contributed by atoms with Crippen molar-refractivity contribution in [3.63, 3.8) is 0 Å². The number of halogens is 1. The maximum Gasteiger partial charge on any atom is 0.228 e. The Labute approximate surface area is 135 Å². The molecule has 2 rings (SSSR count). The minimum atomic E-state index is -0.303. The normalized spacial score (nSPS) is 23.5. The summed E-state index contributed by atoms with van der Waals surface area (Å²) in [4.78, 5) is 12.8. The fraction of sp³-hybridized carbons (Fsp3) is 0.938. The first-order valence-corrected chi connectivity index (χ1v) is 8.27. The van der Waals surface area contributed by atoms with Crippen molar-refractivity contribution in [3.8, 4) is 0 Å². The third kappa shape index (κ3) is 5.42. The highest BCUT2D eigenvalue weighted by Gasteiger charge is 2.40. The molecule has 2 fully saturated rings. The second-order valence-electron chi connectivity index (χ2n) is 6.48. The zero-order chi connectivity index (χ0) is 14.3. The van der Waals surface area contributed by atoms with E-state index in [1.54, 1.807) is 7.11 Å². The topological polar surface area (TPSA) is 50.4 Å². The van der Waals surface area contributed by atoms with Gasteiger partial charge < -0.3 is 15.4 Å². The third-order valence-electron chi connectivity index (χ3n) is 4.90. The average molecular weight is 319 g/mol. The maximum atomic E-state index is 12.8. The van der Waals surface area contributed by atoms with Crippen molar-refractivity contribution < 1.29 is 9.53 Å².